The van der Waals surface area contributed by atoms with E-state index >= 15 is 0 Å². The van der Waals surface area contributed by atoms with Gasteiger partial charge >= 0.3 is 5.97 Å². The third kappa shape index (κ3) is 1.56. The highest BCUT2D eigenvalue weighted by Gasteiger charge is 2.26. The average Bonchev–Trinajstić information content (AvgIpc) is 3.00. The Balaban J connectivity index is 2.41. The van der Waals surface area contributed by atoms with Gasteiger partial charge < -0.3 is 10.5 Å². The summed E-state index contributed by atoms with van der Waals surface area (Å²) in [6, 6.07) is 4.98. The number of nitrogens with one attached hydrogen (secondary N) is 1. The van der Waals surface area contributed by atoms with E-state index in [2.05, 4.69) is 5.43 Å². The lowest BCUT2D eigenvalue weighted by Gasteiger charge is -2.08. The summed E-state index contributed by atoms with van der Waals surface area (Å²) >= 11 is 0. The molecular formula is C10H12N2O2. The van der Waals surface area contributed by atoms with E-state index in [1.54, 1.807) is 18.2 Å². The van der Waals surface area contributed by atoms with Crippen LogP contribution in [0.15, 0.2) is 18.2 Å². The number of benzene rings is 1. The number of carboxylic acid groups (broad SMARTS) is 1. The van der Waals surface area contributed by atoms with Crippen molar-refractivity contribution in [3.63, 3.8) is 0 Å². The quantitative estimate of drug-likeness (QED) is 0.501. The molecule has 1 aliphatic carbocycles. The van der Waals surface area contributed by atoms with Crippen LogP contribution in [0.4, 0.5) is 5.69 Å². The van der Waals surface area contributed by atoms with Gasteiger partial charge in [0.05, 0.1) is 11.3 Å². The number of carboxylic acids is 1. The van der Waals surface area contributed by atoms with Crippen LogP contribution >= 0.6 is 0 Å². The van der Waals surface area contributed by atoms with E-state index in [-0.39, 0.29) is 0 Å². The predicted octanol–water partition coefficient (Wildman–Crippen LogP) is 1.55. The third-order valence-corrected chi connectivity index (χ3v) is 2.47. The van der Waals surface area contributed by atoms with Gasteiger partial charge in [-0.3, -0.25) is 5.84 Å². The molecular weight excluding hydrogens is 180 g/mol. The summed E-state index contributed by atoms with van der Waals surface area (Å²) in [7, 11) is 0. The highest BCUT2D eigenvalue weighted by atomic mass is 16.4. The van der Waals surface area contributed by atoms with Gasteiger partial charge in [-0.15, -0.1) is 0 Å². The van der Waals surface area contributed by atoms with Gasteiger partial charge in [0.25, 0.3) is 0 Å². The number of anilines is 1. The van der Waals surface area contributed by atoms with Crippen LogP contribution in [0.25, 0.3) is 0 Å². The normalized spacial score (nSPS) is 15.2. The van der Waals surface area contributed by atoms with Gasteiger partial charge in [0.1, 0.15) is 0 Å². The molecule has 1 aliphatic rings. The Morgan fingerprint density at radius 1 is 1.50 bits per heavy atom. The molecule has 0 saturated heterocycles. The second kappa shape index (κ2) is 3.31. The first kappa shape index (κ1) is 9.02. The smallest absolute Gasteiger partial charge is 0.335 e. The Kier molecular flexibility index (Phi) is 2.13. The lowest BCUT2D eigenvalue weighted by atomic mass is 10.0. The van der Waals surface area contributed by atoms with Gasteiger partial charge in [0.15, 0.2) is 0 Å². The molecule has 0 aromatic heterocycles. The second-order valence-corrected chi connectivity index (χ2v) is 3.53. The molecule has 2 rings (SSSR count). The van der Waals surface area contributed by atoms with E-state index < -0.39 is 5.97 Å². The van der Waals surface area contributed by atoms with Crippen LogP contribution in [0.5, 0.6) is 0 Å². The summed E-state index contributed by atoms with van der Waals surface area (Å²) in [5, 5.41) is 8.82. The Morgan fingerprint density at radius 3 is 2.71 bits per heavy atom. The fourth-order valence-electron chi connectivity index (χ4n) is 1.56. The monoisotopic (exact) mass is 192 g/mol. The van der Waals surface area contributed by atoms with Crippen molar-refractivity contribution in [1.29, 1.82) is 0 Å². The molecule has 1 aromatic carbocycles. The molecule has 14 heavy (non-hydrogen) atoms. The largest absolute Gasteiger partial charge is 0.478 e. The topological polar surface area (TPSA) is 75.3 Å². The molecule has 0 spiro atoms. The minimum absolute atomic E-state index is 0.325. The van der Waals surface area contributed by atoms with Crippen LogP contribution in [0.1, 0.15) is 34.7 Å². The molecule has 4 nitrogen and oxygen atoms in total. The summed E-state index contributed by atoms with van der Waals surface area (Å²) in [4.78, 5) is 10.7. The van der Waals surface area contributed by atoms with Crippen molar-refractivity contribution in [3.05, 3.63) is 29.3 Å². The minimum atomic E-state index is -0.893. The molecule has 0 aliphatic heterocycles. The van der Waals surface area contributed by atoms with Crippen LogP contribution < -0.4 is 11.3 Å². The molecule has 1 aromatic rings. The highest BCUT2D eigenvalue weighted by molar-refractivity contribution is 5.88. The maximum Gasteiger partial charge on any atom is 0.335 e. The van der Waals surface area contributed by atoms with Gasteiger partial charge in [-0.1, -0.05) is 0 Å². The molecule has 0 amide bonds. The second-order valence-electron chi connectivity index (χ2n) is 3.53. The first-order valence-electron chi connectivity index (χ1n) is 4.56. The number of hydrogen-bond acceptors (Lipinski definition) is 3. The van der Waals surface area contributed by atoms with E-state index in [1.807, 2.05) is 0 Å². The number of nitrogens with two attached hydrogens (primary N) is 1. The van der Waals surface area contributed by atoms with Crippen molar-refractivity contribution in [1.82, 2.24) is 0 Å². The molecule has 4 heteroatoms. The molecule has 1 fully saturated rings. The van der Waals surface area contributed by atoms with Gasteiger partial charge in [0, 0.05) is 0 Å². The van der Waals surface area contributed by atoms with Crippen LogP contribution in [0.3, 0.4) is 0 Å². The van der Waals surface area contributed by atoms with E-state index in [1.165, 1.54) is 0 Å². The number of nitrogen functional groups attached to an aromatic ring is 1. The fraction of sp³-hybridized carbons (Fsp3) is 0.300. The van der Waals surface area contributed by atoms with Crippen molar-refractivity contribution in [2.24, 2.45) is 5.84 Å². The Hall–Kier alpha value is -1.55. The molecule has 1 saturated carbocycles. The predicted molar refractivity (Wildman–Crippen MR) is 53.2 cm³/mol. The summed E-state index contributed by atoms with van der Waals surface area (Å²) in [5.74, 6) is 4.94. The molecule has 4 N–H and O–H groups in total. The van der Waals surface area contributed by atoms with Crippen molar-refractivity contribution in [2.45, 2.75) is 18.8 Å². The summed E-state index contributed by atoms with van der Waals surface area (Å²) in [6.07, 6.45) is 2.25. The lowest BCUT2D eigenvalue weighted by Crippen LogP contribution is -2.10. The summed E-state index contributed by atoms with van der Waals surface area (Å²) in [6.45, 7) is 0. The van der Waals surface area contributed by atoms with Crippen LogP contribution in [0.2, 0.25) is 0 Å². The zero-order valence-electron chi connectivity index (χ0n) is 7.66. The van der Waals surface area contributed by atoms with Crippen molar-refractivity contribution >= 4 is 11.7 Å². The maximum absolute atomic E-state index is 10.7. The lowest BCUT2D eigenvalue weighted by molar-refractivity contribution is 0.0697. The first-order chi connectivity index (χ1) is 6.72. The molecule has 0 heterocycles. The SMILES string of the molecule is NNc1ccc(C(=O)O)cc1C1CC1. The van der Waals surface area contributed by atoms with E-state index in [9.17, 15) is 4.79 Å². The third-order valence-electron chi connectivity index (χ3n) is 2.47. The number of hydrogen-bond donors (Lipinski definition) is 3. The van der Waals surface area contributed by atoms with E-state index in [0.29, 0.717) is 11.5 Å². The minimum Gasteiger partial charge on any atom is -0.478 e. The van der Waals surface area contributed by atoms with E-state index in [4.69, 9.17) is 10.9 Å². The van der Waals surface area contributed by atoms with Crippen molar-refractivity contribution in [2.75, 3.05) is 5.43 Å². The number of hydrazine groups is 1. The number of carbonyl (C=O) groups is 1. The fourth-order valence-corrected chi connectivity index (χ4v) is 1.56. The van der Waals surface area contributed by atoms with Gasteiger partial charge in [0.2, 0.25) is 0 Å². The number of rotatable bonds is 3. The first-order valence-corrected chi connectivity index (χ1v) is 4.56. The Bertz CT molecular complexity index is 372. The van der Waals surface area contributed by atoms with Crippen LogP contribution in [-0.2, 0) is 0 Å². The number of aromatic carboxylic acids is 1. The molecule has 0 bridgehead atoms. The van der Waals surface area contributed by atoms with E-state index in [0.717, 1.165) is 24.1 Å². The van der Waals surface area contributed by atoms with Crippen molar-refractivity contribution in [3.8, 4) is 0 Å². The van der Waals surface area contributed by atoms with Gasteiger partial charge in [-0.25, -0.2) is 4.79 Å². The van der Waals surface area contributed by atoms with Gasteiger partial charge in [-0.05, 0) is 42.5 Å². The molecule has 74 valence electrons. The Labute approximate surface area is 81.7 Å². The van der Waals surface area contributed by atoms with Gasteiger partial charge in [-0.2, -0.15) is 0 Å². The van der Waals surface area contributed by atoms with Crippen LogP contribution in [0, 0.1) is 0 Å². The van der Waals surface area contributed by atoms with Crippen molar-refractivity contribution < 1.29 is 9.90 Å². The summed E-state index contributed by atoms with van der Waals surface area (Å²) in [5.41, 5.74) is 4.77. The average molecular weight is 192 g/mol. The zero-order valence-corrected chi connectivity index (χ0v) is 7.66. The standard InChI is InChI=1S/C10H12N2O2/c11-12-9-4-3-7(10(13)14)5-8(9)6-1-2-6/h3-6,12H,1-2,11H2,(H,13,14). The molecule has 0 radical (unpaired) electrons. The molecule has 0 unspecified atom stereocenters. The Morgan fingerprint density at radius 2 is 2.21 bits per heavy atom. The molecule has 0 atom stereocenters. The zero-order chi connectivity index (χ0) is 10.1. The maximum atomic E-state index is 10.7. The summed E-state index contributed by atoms with van der Waals surface area (Å²) < 4.78 is 0. The highest BCUT2D eigenvalue weighted by Crippen LogP contribution is 2.43. The van der Waals surface area contributed by atoms with Crippen LogP contribution in [-0.4, -0.2) is 11.1 Å².